The Balaban J connectivity index is 2.12. The third kappa shape index (κ3) is 2.92. The first-order chi connectivity index (χ1) is 9.73. The summed E-state index contributed by atoms with van der Waals surface area (Å²) in [5, 5.41) is 19.4. The van der Waals surface area contributed by atoms with E-state index in [0.29, 0.717) is 12.2 Å². The molecule has 0 saturated heterocycles. The van der Waals surface area contributed by atoms with Crippen molar-refractivity contribution in [2.45, 2.75) is 39.7 Å². The summed E-state index contributed by atoms with van der Waals surface area (Å²) in [5.41, 5.74) is 2.85. The molecule has 2 aromatic heterocycles. The van der Waals surface area contributed by atoms with Gasteiger partial charge in [-0.3, -0.25) is 9.48 Å². The molecule has 2 heterocycles. The fourth-order valence-corrected chi connectivity index (χ4v) is 2.87. The molecule has 2 N–H and O–H groups in total. The quantitative estimate of drug-likeness (QED) is 0.887. The van der Waals surface area contributed by atoms with Gasteiger partial charge in [0.15, 0.2) is 5.13 Å². The summed E-state index contributed by atoms with van der Waals surface area (Å²) in [7, 11) is 1.92. The summed E-state index contributed by atoms with van der Waals surface area (Å²) in [6.07, 6.45) is 0. The smallest absolute Gasteiger partial charge is 0.315 e. The number of thiazole rings is 1. The van der Waals surface area contributed by atoms with Gasteiger partial charge in [0.05, 0.1) is 11.4 Å². The number of aliphatic carboxylic acids is 1. The monoisotopic (exact) mass is 308 g/mol. The van der Waals surface area contributed by atoms with Crippen LogP contribution in [0, 0.1) is 13.8 Å². The molecular formula is C14H20N4O2S. The molecule has 114 valence electrons. The van der Waals surface area contributed by atoms with E-state index in [1.165, 1.54) is 11.3 Å². The number of aryl methyl sites for hydroxylation is 2. The van der Waals surface area contributed by atoms with Gasteiger partial charge in [0, 0.05) is 30.2 Å². The van der Waals surface area contributed by atoms with Crippen LogP contribution in [-0.4, -0.2) is 25.8 Å². The molecule has 0 saturated carbocycles. The number of nitrogens with zero attached hydrogens (tertiary/aromatic N) is 3. The highest BCUT2D eigenvalue weighted by Crippen LogP contribution is 2.27. The van der Waals surface area contributed by atoms with Gasteiger partial charge < -0.3 is 10.4 Å². The Labute approximate surface area is 127 Å². The maximum absolute atomic E-state index is 11.2. The van der Waals surface area contributed by atoms with Gasteiger partial charge in [-0.25, -0.2) is 4.98 Å². The molecule has 0 bridgehead atoms. The van der Waals surface area contributed by atoms with E-state index in [0.717, 1.165) is 22.1 Å². The highest BCUT2D eigenvalue weighted by Gasteiger charge is 2.32. The Bertz CT molecular complexity index is 673. The van der Waals surface area contributed by atoms with Gasteiger partial charge in [0.1, 0.15) is 5.41 Å². The van der Waals surface area contributed by atoms with Gasteiger partial charge in [-0.1, -0.05) is 0 Å². The van der Waals surface area contributed by atoms with E-state index >= 15 is 0 Å². The predicted octanol–water partition coefficient (Wildman–Crippen LogP) is 2.47. The Morgan fingerprint density at radius 2 is 2.14 bits per heavy atom. The summed E-state index contributed by atoms with van der Waals surface area (Å²) < 4.78 is 1.85. The summed E-state index contributed by atoms with van der Waals surface area (Å²) in [5.74, 6) is -0.877. The van der Waals surface area contributed by atoms with Gasteiger partial charge in [0.2, 0.25) is 0 Å². The average Bonchev–Trinajstić information content (AvgIpc) is 2.95. The van der Waals surface area contributed by atoms with Gasteiger partial charge in [-0.2, -0.15) is 5.10 Å². The van der Waals surface area contributed by atoms with Crippen LogP contribution in [0.25, 0.3) is 0 Å². The maximum Gasteiger partial charge on any atom is 0.315 e. The lowest BCUT2D eigenvalue weighted by atomic mass is 9.90. The molecule has 0 fully saturated rings. The molecule has 0 aromatic carbocycles. The first-order valence-electron chi connectivity index (χ1n) is 6.65. The van der Waals surface area contributed by atoms with Crippen LogP contribution in [0.4, 0.5) is 5.13 Å². The second-order valence-electron chi connectivity index (χ2n) is 5.59. The minimum absolute atomic E-state index is 0.571. The minimum Gasteiger partial charge on any atom is -0.481 e. The Kier molecular flexibility index (Phi) is 4.04. The second kappa shape index (κ2) is 5.48. The van der Waals surface area contributed by atoms with E-state index in [9.17, 15) is 9.90 Å². The second-order valence-corrected chi connectivity index (χ2v) is 6.45. The van der Waals surface area contributed by atoms with Crippen molar-refractivity contribution in [3.8, 4) is 0 Å². The first kappa shape index (κ1) is 15.5. The third-order valence-electron chi connectivity index (χ3n) is 3.75. The molecule has 6 nitrogen and oxygen atoms in total. The van der Waals surface area contributed by atoms with Crippen LogP contribution in [0.1, 0.15) is 36.5 Å². The molecule has 2 rings (SSSR count). The largest absolute Gasteiger partial charge is 0.481 e. The molecule has 2 aromatic rings. The third-order valence-corrected chi connectivity index (χ3v) is 4.55. The standard InChI is InChI=1S/C14H20N4O2S/c1-8-10(9(2)18(5)17-8)6-15-13-16-11(7-21-13)14(3,4)12(19)20/h7H,6H2,1-5H3,(H,15,16)(H,19,20). The van der Waals surface area contributed by atoms with E-state index in [2.05, 4.69) is 15.4 Å². The van der Waals surface area contributed by atoms with Crippen molar-refractivity contribution in [1.29, 1.82) is 0 Å². The van der Waals surface area contributed by atoms with E-state index in [1.807, 2.05) is 25.6 Å². The lowest BCUT2D eigenvalue weighted by Gasteiger charge is -2.15. The van der Waals surface area contributed by atoms with Crippen LogP contribution in [0.5, 0.6) is 0 Å². The Morgan fingerprint density at radius 3 is 2.67 bits per heavy atom. The number of rotatable bonds is 5. The fraction of sp³-hybridized carbons (Fsp3) is 0.500. The Morgan fingerprint density at radius 1 is 1.48 bits per heavy atom. The van der Waals surface area contributed by atoms with Gasteiger partial charge in [-0.05, 0) is 27.7 Å². The summed E-state index contributed by atoms with van der Waals surface area (Å²) in [6.45, 7) is 7.95. The Hall–Kier alpha value is -1.89. The van der Waals surface area contributed by atoms with Crippen LogP contribution in [0.15, 0.2) is 5.38 Å². The van der Waals surface area contributed by atoms with E-state index in [-0.39, 0.29) is 0 Å². The fourth-order valence-electron chi connectivity index (χ4n) is 1.99. The zero-order valence-electron chi connectivity index (χ0n) is 12.9. The summed E-state index contributed by atoms with van der Waals surface area (Å²) in [6, 6.07) is 0. The summed E-state index contributed by atoms with van der Waals surface area (Å²) in [4.78, 5) is 15.6. The normalized spacial score (nSPS) is 11.7. The molecule has 0 atom stereocenters. The minimum atomic E-state index is -0.976. The number of aromatic nitrogens is 3. The number of carboxylic acid groups (broad SMARTS) is 1. The van der Waals surface area contributed by atoms with Crippen molar-refractivity contribution >= 4 is 22.4 Å². The predicted molar refractivity (Wildman–Crippen MR) is 82.8 cm³/mol. The molecule has 7 heteroatoms. The first-order valence-corrected chi connectivity index (χ1v) is 7.53. The molecule has 0 radical (unpaired) electrons. The topological polar surface area (TPSA) is 80.0 Å². The van der Waals surface area contributed by atoms with E-state index < -0.39 is 11.4 Å². The zero-order valence-corrected chi connectivity index (χ0v) is 13.7. The van der Waals surface area contributed by atoms with Gasteiger partial charge in [0.25, 0.3) is 0 Å². The SMILES string of the molecule is Cc1nn(C)c(C)c1CNc1nc(C(C)(C)C(=O)O)cs1. The summed E-state index contributed by atoms with van der Waals surface area (Å²) >= 11 is 1.42. The highest BCUT2D eigenvalue weighted by atomic mass is 32.1. The van der Waals surface area contributed by atoms with Gasteiger partial charge in [-0.15, -0.1) is 11.3 Å². The lowest BCUT2D eigenvalue weighted by molar-refractivity contribution is -0.142. The van der Waals surface area contributed by atoms with Crippen molar-refractivity contribution in [3.63, 3.8) is 0 Å². The molecular weight excluding hydrogens is 288 g/mol. The van der Waals surface area contributed by atoms with Crippen LogP contribution in [0.3, 0.4) is 0 Å². The molecule has 0 spiro atoms. The van der Waals surface area contributed by atoms with Crippen molar-refractivity contribution in [3.05, 3.63) is 28.0 Å². The number of hydrogen-bond donors (Lipinski definition) is 2. The molecule has 0 unspecified atom stereocenters. The van der Waals surface area contributed by atoms with Crippen LogP contribution in [-0.2, 0) is 23.8 Å². The van der Waals surface area contributed by atoms with Crippen LogP contribution >= 0.6 is 11.3 Å². The van der Waals surface area contributed by atoms with Crippen molar-refractivity contribution in [1.82, 2.24) is 14.8 Å². The average molecular weight is 308 g/mol. The molecule has 0 amide bonds. The molecule has 21 heavy (non-hydrogen) atoms. The van der Waals surface area contributed by atoms with Crippen molar-refractivity contribution in [2.75, 3.05) is 5.32 Å². The van der Waals surface area contributed by atoms with E-state index in [4.69, 9.17) is 0 Å². The number of carboxylic acids is 1. The molecule has 0 aliphatic heterocycles. The number of anilines is 1. The van der Waals surface area contributed by atoms with Crippen molar-refractivity contribution in [2.24, 2.45) is 7.05 Å². The number of carbonyl (C=O) groups is 1. The number of hydrogen-bond acceptors (Lipinski definition) is 5. The number of nitrogens with one attached hydrogen (secondary N) is 1. The molecule has 0 aliphatic carbocycles. The van der Waals surface area contributed by atoms with Crippen molar-refractivity contribution < 1.29 is 9.90 Å². The van der Waals surface area contributed by atoms with Crippen LogP contribution < -0.4 is 5.32 Å². The highest BCUT2D eigenvalue weighted by molar-refractivity contribution is 7.13. The van der Waals surface area contributed by atoms with E-state index in [1.54, 1.807) is 19.2 Å². The molecule has 0 aliphatic rings. The maximum atomic E-state index is 11.2. The zero-order chi connectivity index (χ0) is 15.8. The van der Waals surface area contributed by atoms with Crippen LogP contribution in [0.2, 0.25) is 0 Å². The lowest BCUT2D eigenvalue weighted by Crippen LogP contribution is -2.28. The van der Waals surface area contributed by atoms with Gasteiger partial charge >= 0.3 is 5.97 Å².